The number of carbonyl (C=O) groups is 1. The predicted molar refractivity (Wildman–Crippen MR) is 113 cm³/mol. The van der Waals surface area contributed by atoms with Gasteiger partial charge in [0.25, 0.3) is 5.91 Å². The van der Waals surface area contributed by atoms with Gasteiger partial charge in [-0.1, -0.05) is 6.07 Å². The molecule has 0 spiro atoms. The third kappa shape index (κ3) is 3.60. The topological polar surface area (TPSA) is 126 Å². The maximum Gasteiger partial charge on any atom is 0.434 e. The van der Waals surface area contributed by atoms with E-state index in [1.54, 1.807) is 12.1 Å². The van der Waals surface area contributed by atoms with Crippen LogP contribution in [0.25, 0.3) is 11.5 Å². The molecule has 13 heteroatoms. The smallest absolute Gasteiger partial charge is 0.384 e. The molecule has 0 radical (unpaired) electrons. The zero-order chi connectivity index (χ0) is 23.9. The van der Waals surface area contributed by atoms with Gasteiger partial charge in [0.1, 0.15) is 11.6 Å². The van der Waals surface area contributed by atoms with Crippen molar-refractivity contribution in [1.29, 1.82) is 5.26 Å². The Morgan fingerprint density at radius 2 is 1.97 bits per heavy atom. The van der Waals surface area contributed by atoms with Crippen molar-refractivity contribution in [1.82, 2.24) is 29.8 Å². The van der Waals surface area contributed by atoms with Crippen LogP contribution < -0.4 is 10.6 Å². The number of pyridine rings is 1. The molecule has 1 aliphatic rings. The molecule has 4 heterocycles. The summed E-state index contributed by atoms with van der Waals surface area (Å²) in [5.74, 6) is -0.930. The molecule has 2 N–H and O–H groups in total. The number of anilines is 2. The number of hydrogen-bond donors (Lipinski definition) is 2. The predicted octanol–water partition coefficient (Wildman–Crippen LogP) is 2.96. The number of fused-ring (bicyclic) bond motifs is 1. The lowest BCUT2D eigenvalue weighted by Crippen LogP contribution is -2.21. The fourth-order valence-corrected chi connectivity index (χ4v) is 3.78. The van der Waals surface area contributed by atoms with Crippen LogP contribution in [0, 0.1) is 11.3 Å². The fraction of sp³-hybridized carbons (Fsp3) is 0.143. The molecule has 5 rings (SSSR count). The fourth-order valence-electron chi connectivity index (χ4n) is 3.78. The molecule has 1 amide bonds. The van der Waals surface area contributed by atoms with Crippen LogP contribution in [0.3, 0.4) is 0 Å². The van der Waals surface area contributed by atoms with Gasteiger partial charge in [-0.15, -0.1) is 4.80 Å². The second-order valence-electron chi connectivity index (χ2n) is 7.28. The Hall–Kier alpha value is -4.73. The van der Waals surface area contributed by atoms with Gasteiger partial charge in [-0.3, -0.25) is 4.79 Å². The van der Waals surface area contributed by atoms with Crippen LogP contribution in [0.15, 0.2) is 49.1 Å². The third-order valence-electron chi connectivity index (χ3n) is 5.21. The third-order valence-corrected chi connectivity index (χ3v) is 5.21. The summed E-state index contributed by atoms with van der Waals surface area (Å²) in [5, 5.41) is 26.6. The Labute approximate surface area is 189 Å². The summed E-state index contributed by atoms with van der Waals surface area (Å²) in [5.41, 5.74) is -0.138. The van der Waals surface area contributed by atoms with Crippen LogP contribution in [-0.4, -0.2) is 42.2 Å². The van der Waals surface area contributed by atoms with Crippen molar-refractivity contribution in [2.75, 3.05) is 17.2 Å². The van der Waals surface area contributed by atoms with E-state index in [2.05, 4.69) is 30.9 Å². The number of alkyl halides is 3. The summed E-state index contributed by atoms with van der Waals surface area (Å²) in [4.78, 5) is 18.0. The summed E-state index contributed by atoms with van der Waals surface area (Å²) in [6.45, 7) is 0.598. The van der Waals surface area contributed by atoms with E-state index in [4.69, 9.17) is 0 Å². The monoisotopic (exact) mass is 465 g/mol. The maximum atomic E-state index is 14.1. The van der Waals surface area contributed by atoms with Gasteiger partial charge in [-0.2, -0.15) is 33.7 Å². The van der Waals surface area contributed by atoms with E-state index in [9.17, 15) is 23.2 Å². The van der Waals surface area contributed by atoms with Crippen molar-refractivity contribution in [3.8, 4) is 17.6 Å². The average molecular weight is 465 g/mol. The van der Waals surface area contributed by atoms with E-state index in [0.29, 0.717) is 18.5 Å². The van der Waals surface area contributed by atoms with Gasteiger partial charge in [0.15, 0.2) is 11.5 Å². The number of benzene rings is 1. The molecule has 1 aromatic carbocycles. The molecule has 0 saturated carbocycles. The maximum absolute atomic E-state index is 14.1. The molecule has 4 aromatic rings. The van der Waals surface area contributed by atoms with E-state index in [1.807, 2.05) is 6.07 Å². The summed E-state index contributed by atoms with van der Waals surface area (Å²) < 4.78 is 43.0. The Bertz CT molecular complexity index is 1430. The summed E-state index contributed by atoms with van der Waals surface area (Å²) >= 11 is 0. The number of hydrogen-bond acceptors (Lipinski definition) is 7. The number of nitriles is 1. The van der Waals surface area contributed by atoms with Gasteiger partial charge < -0.3 is 10.6 Å². The van der Waals surface area contributed by atoms with Gasteiger partial charge in [0, 0.05) is 17.8 Å². The standard InChI is InChI=1S/C21H14F3N9O/c22-21(23,24)18-15(11-30-32(18)17-3-1-2-16-14(17)4-5-26-16)20(34)31-13-8-12(9-25)19(27-10-13)33-28-6-7-29-33/h1-3,6-8,10-11,26H,4-5H2,(H,31,34). The molecule has 0 bridgehead atoms. The summed E-state index contributed by atoms with van der Waals surface area (Å²) in [6.07, 6.45) is 0.541. The SMILES string of the molecule is N#Cc1cc(NC(=O)c2cnn(-c3cccc4c3CCN4)c2C(F)(F)F)cnc1-n1nccn1. The van der Waals surface area contributed by atoms with Gasteiger partial charge in [-0.05, 0) is 24.6 Å². The molecule has 3 aromatic heterocycles. The van der Waals surface area contributed by atoms with Gasteiger partial charge in [0.05, 0.1) is 41.7 Å². The highest BCUT2D eigenvalue weighted by Gasteiger charge is 2.41. The molecule has 0 atom stereocenters. The molecule has 10 nitrogen and oxygen atoms in total. The highest BCUT2D eigenvalue weighted by atomic mass is 19.4. The molecule has 1 aliphatic heterocycles. The zero-order valence-corrected chi connectivity index (χ0v) is 17.2. The van der Waals surface area contributed by atoms with E-state index < -0.39 is 23.3 Å². The van der Waals surface area contributed by atoms with Crippen molar-refractivity contribution in [3.05, 3.63) is 71.4 Å². The van der Waals surface area contributed by atoms with Crippen molar-refractivity contribution >= 4 is 17.3 Å². The van der Waals surface area contributed by atoms with Crippen LogP contribution in [0.2, 0.25) is 0 Å². The first-order valence-corrected chi connectivity index (χ1v) is 9.96. The molecule has 34 heavy (non-hydrogen) atoms. The molecular weight excluding hydrogens is 451 g/mol. The Kier molecular flexibility index (Phi) is 4.97. The molecular formula is C21H14F3N9O. The number of nitrogens with one attached hydrogen (secondary N) is 2. The van der Waals surface area contributed by atoms with Crippen molar-refractivity contribution in [2.24, 2.45) is 0 Å². The lowest BCUT2D eigenvalue weighted by atomic mass is 10.1. The lowest BCUT2D eigenvalue weighted by Gasteiger charge is -2.15. The van der Waals surface area contributed by atoms with Crippen LogP contribution in [0.1, 0.15) is 27.2 Å². The highest BCUT2D eigenvalue weighted by Crippen LogP contribution is 2.36. The molecule has 0 unspecified atom stereocenters. The molecule has 170 valence electrons. The lowest BCUT2D eigenvalue weighted by molar-refractivity contribution is -0.143. The number of nitrogens with zero attached hydrogens (tertiary/aromatic N) is 7. The molecule has 0 aliphatic carbocycles. The minimum Gasteiger partial charge on any atom is -0.384 e. The minimum atomic E-state index is -4.86. The second-order valence-corrected chi connectivity index (χ2v) is 7.28. The quantitative estimate of drug-likeness (QED) is 0.475. The first-order chi connectivity index (χ1) is 16.4. The first kappa shape index (κ1) is 21.1. The number of aromatic nitrogens is 6. The highest BCUT2D eigenvalue weighted by molar-refractivity contribution is 6.05. The van der Waals surface area contributed by atoms with Crippen LogP contribution in [-0.2, 0) is 12.6 Å². The van der Waals surface area contributed by atoms with Crippen LogP contribution >= 0.6 is 0 Å². The first-order valence-electron chi connectivity index (χ1n) is 9.96. The van der Waals surface area contributed by atoms with E-state index in [1.165, 1.54) is 30.7 Å². The number of halogens is 3. The number of rotatable bonds is 4. The van der Waals surface area contributed by atoms with Gasteiger partial charge in [-0.25, -0.2) is 9.67 Å². The average Bonchev–Trinajstić information content (AvgIpc) is 3.58. The number of amides is 1. The molecule has 0 saturated heterocycles. The Balaban J connectivity index is 1.51. The van der Waals surface area contributed by atoms with Gasteiger partial charge in [0.2, 0.25) is 0 Å². The molecule has 0 fully saturated rings. The number of carbonyl (C=O) groups excluding carboxylic acids is 1. The summed E-state index contributed by atoms with van der Waals surface area (Å²) in [6, 6.07) is 8.11. The minimum absolute atomic E-state index is 0.0214. The largest absolute Gasteiger partial charge is 0.434 e. The van der Waals surface area contributed by atoms with E-state index >= 15 is 0 Å². The van der Waals surface area contributed by atoms with E-state index in [-0.39, 0.29) is 22.8 Å². The Morgan fingerprint density at radius 1 is 1.18 bits per heavy atom. The van der Waals surface area contributed by atoms with Crippen molar-refractivity contribution in [3.63, 3.8) is 0 Å². The van der Waals surface area contributed by atoms with Crippen LogP contribution in [0.4, 0.5) is 24.5 Å². The normalized spacial score (nSPS) is 12.6. The van der Waals surface area contributed by atoms with E-state index in [0.717, 1.165) is 21.4 Å². The second kappa shape index (κ2) is 8.00. The Morgan fingerprint density at radius 3 is 2.71 bits per heavy atom. The van der Waals surface area contributed by atoms with Crippen molar-refractivity contribution in [2.45, 2.75) is 12.6 Å². The van der Waals surface area contributed by atoms with Crippen molar-refractivity contribution < 1.29 is 18.0 Å². The van der Waals surface area contributed by atoms with Crippen LogP contribution in [0.5, 0.6) is 0 Å². The van der Waals surface area contributed by atoms with Gasteiger partial charge >= 0.3 is 6.18 Å². The summed E-state index contributed by atoms with van der Waals surface area (Å²) in [7, 11) is 0. The zero-order valence-electron chi connectivity index (χ0n) is 17.2.